The van der Waals surface area contributed by atoms with Gasteiger partial charge < -0.3 is 9.72 Å². The maximum Gasteiger partial charge on any atom is 0.268 e. The topological polar surface area (TPSA) is 55.0 Å². The number of hydrogen-bond acceptors (Lipinski definition) is 4. The van der Waals surface area contributed by atoms with Gasteiger partial charge in [-0.25, -0.2) is 4.98 Å². The summed E-state index contributed by atoms with van der Waals surface area (Å²) in [5, 5.41) is 1.86. The minimum absolute atomic E-state index is 0.108. The zero-order valence-electron chi connectivity index (χ0n) is 11.9. The molecule has 0 unspecified atom stereocenters. The molecule has 3 aromatic rings. The molecule has 1 aromatic carbocycles. The minimum Gasteiger partial charge on any atom is -0.486 e. The zero-order valence-corrected chi connectivity index (χ0v) is 12.7. The fraction of sp³-hybridized carbons (Fsp3) is 0.250. The zero-order chi connectivity index (χ0) is 14.8. The van der Waals surface area contributed by atoms with Crippen LogP contribution in [0.5, 0.6) is 5.75 Å². The molecule has 1 N–H and O–H groups in total. The Labute approximate surface area is 126 Å². The number of fused-ring (bicyclic) bond motifs is 1. The lowest BCUT2D eigenvalue weighted by molar-refractivity contribution is 0.296. The number of ether oxygens (including phenoxy) is 1. The molecule has 108 valence electrons. The first-order chi connectivity index (χ1) is 10.1. The van der Waals surface area contributed by atoms with Crippen LogP contribution in [0.25, 0.3) is 10.2 Å². The third-order valence-corrected chi connectivity index (χ3v) is 4.19. The van der Waals surface area contributed by atoms with Gasteiger partial charge in [-0.2, -0.15) is 0 Å². The van der Waals surface area contributed by atoms with E-state index in [1.807, 2.05) is 23.6 Å². The molecule has 0 saturated heterocycles. The molecule has 0 aliphatic rings. The van der Waals surface area contributed by atoms with E-state index in [0.717, 1.165) is 11.3 Å². The number of thiophene rings is 1. The molecule has 2 heterocycles. The number of aromatic amines is 1. The normalized spacial score (nSPS) is 11.2. The number of benzene rings is 1. The van der Waals surface area contributed by atoms with Crippen LogP contribution in [0.1, 0.15) is 31.2 Å². The van der Waals surface area contributed by atoms with E-state index in [-0.39, 0.29) is 12.2 Å². The predicted molar refractivity (Wildman–Crippen MR) is 85.1 cm³/mol. The predicted octanol–water partition coefficient (Wildman–Crippen LogP) is 3.69. The highest BCUT2D eigenvalue weighted by molar-refractivity contribution is 7.17. The van der Waals surface area contributed by atoms with E-state index >= 15 is 0 Å². The number of nitrogens with one attached hydrogen (secondary N) is 1. The van der Waals surface area contributed by atoms with Crippen LogP contribution in [0.2, 0.25) is 0 Å². The molecular formula is C16H16N2O2S. The summed E-state index contributed by atoms with van der Waals surface area (Å²) in [5.74, 6) is 1.81. The third kappa shape index (κ3) is 2.97. The van der Waals surface area contributed by atoms with Gasteiger partial charge in [-0.15, -0.1) is 11.3 Å². The van der Waals surface area contributed by atoms with Gasteiger partial charge in [0.2, 0.25) is 0 Å². The summed E-state index contributed by atoms with van der Waals surface area (Å²) in [5.41, 5.74) is 1.88. The molecule has 0 atom stereocenters. The van der Waals surface area contributed by atoms with Crippen molar-refractivity contribution >= 4 is 21.6 Å². The van der Waals surface area contributed by atoms with Crippen LogP contribution in [-0.2, 0) is 6.61 Å². The molecule has 0 fully saturated rings. The third-order valence-electron chi connectivity index (χ3n) is 3.29. The molecule has 5 heteroatoms. The van der Waals surface area contributed by atoms with E-state index in [2.05, 4.69) is 35.9 Å². The Morgan fingerprint density at radius 2 is 2.00 bits per heavy atom. The SMILES string of the molecule is CC(C)c1ccc(OCc2nc3ccsc3c(=O)[nH]2)cc1. The van der Waals surface area contributed by atoms with Gasteiger partial charge in [-0.3, -0.25) is 4.79 Å². The van der Waals surface area contributed by atoms with Gasteiger partial charge in [-0.1, -0.05) is 26.0 Å². The molecule has 0 radical (unpaired) electrons. The van der Waals surface area contributed by atoms with Crippen molar-refractivity contribution in [2.45, 2.75) is 26.4 Å². The van der Waals surface area contributed by atoms with Crippen molar-refractivity contribution in [3.05, 3.63) is 57.5 Å². The van der Waals surface area contributed by atoms with Crippen molar-refractivity contribution in [1.82, 2.24) is 9.97 Å². The summed E-state index contributed by atoms with van der Waals surface area (Å²) in [6.07, 6.45) is 0. The maximum atomic E-state index is 11.9. The molecule has 2 aromatic heterocycles. The van der Waals surface area contributed by atoms with E-state index < -0.39 is 0 Å². The van der Waals surface area contributed by atoms with Crippen LogP contribution < -0.4 is 10.3 Å². The molecule has 0 saturated carbocycles. The smallest absolute Gasteiger partial charge is 0.268 e. The molecule has 0 spiro atoms. The number of H-pyrrole nitrogens is 1. The monoisotopic (exact) mass is 300 g/mol. The summed E-state index contributed by atoms with van der Waals surface area (Å²) in [4.78, 5) is 19.0. The Morgan fingerprint density at radius 3 is 2.71 bits per heavy atom. The minimum atomic E-state index is -0.108. The molecule has 3 rings (SSSR count). The van der Waals surface area contributed by atoms with Crippen molar-refractivity contribution in [2.75, 3.05) is 0 Å². The van der Waals surface area contributed by atoms with E-state index in [9.17, 15) is 4.79 Å². The highest BCUT2D eigenvalue weighted by atomic mass is 32.1. The average molecular weight is 300 g/mol. The Bertz CT molecular complexity index is 803. The summed E-state index contributed by atoms with van der Waals surface area (Å²) in [6.45, 7) is 4.56. The standard InChI is InChI=1S/C16H16N2O2S/c1-10(2)11-3-5-12(6-4-11)20-9-14-17-13-7-8-21-15(13)16(19)18-14/h3-8,10H,9H2,1-2H3,(H,17,18,19). The number of aromatic nitrogens is 2. The summed E-state index contributed by atoms with van der Waals surface area (Å²) in [6, 6.07) is 9.83. The van der Waals surface area contributed by atoms with Crippen LogP contribution in [0.3, 0.4) is 0 Å². The van der Waals surface area contributed by atoms with Crippen LogP contribution in [0, 0.1) is 0 Å². The molecule has 0 amide bonds. The highest BCUT2D eigenvalue weighted by Gasteiger charge is 2.06. The second kappa shape index (κ2) is 5.69. The van der Waals surface area contributed by atoms with Gasteiger partial charge in [0.1, 0.15) is 22.9 Å². The van der Waals surface area contributed by atoms with Gasteiger partial charge in [0.25, 0.3) is 5.56 Å². The summed E-state index contributed by atoms with van der Waals surface area (Å²) >= 11 is 1.39. The van der Waals surface area contributed by atoms with Crippen LogP contribution in [0.15, 0.2) is 40.5 Å². The van der Waals surface area contributed by atoms with Gasteiger partial charge in [-0.05, 0) is 35.1 Å². The number of hydrogen-bond donors (Lipinski definition) is 1. The van der Waals surface area contributed by atoms with Crippen molar-refractivity contribution in [3.8, 4) is 5.75 Å². The van der Waals surface area contributed by atoms with Crippen molar-refractivity contribution < 1.29 is 4.74 Å². The van der Waals surface area contributed by atoms with E-state index in [4.69, 9.17) is 4.74 Å². The molecule has 0 aliphatic carbocycles. The second-order valence-electron chi connectivity index (χ2n) is 5.16. The fourth-order valence-electron chi connectivity index (χ4n) is 2.09. The largest absolute Gasteiger partial charge is 0.486 e. The Kier molecular flexibility index (Phi) is 3.75. The highest BCUT2D eigenvalue weighted by Crippen LogP contribution is 2.19. The van der Waals surface area contributed by atoms with Crippen LogP contribution in [-0.4, -0.2) is 9.97 Å². The van der Waals surface area contributed by atoms with E-state index in [1.165, 1.54) is 16.9 Å². The van der Waals surface area contributed by atoms with Crippen molar-refractivity contribution in [1.29, 1.82) is 0 Å². The van der Waals surface area contributed by atoms with Crippen molar-refractivity contribution in [2.24, 2.45) is 0 Å². The molecule has 0 aliphatic heterocycles. The first kappa shape index (κ1) is 13.8. The Hall–Kier alpha value is -2.14. The lowest BCUT2D eigenvalue weighted by atomic mass is 10.0. The summed E-state index contributed by atoms with van der Waals surface area (Å²) < 4.78 is 6.33. The lowest BCUT2D eigenvalue weighted by Gasteiger charge is -2.08. The van der Waals surface area contributed by atoms with E-state index in [0.29, 0.717) is 16.4 Å². The fourth-order valence-corrected chi connectivity index (χ4v) is 2.82. The van der Waals surface area contributed by atoms with Gasteiger partial charge >= 0.3 is 0 Å². The lowest BCUT2D eigenvalue weighted by Crippen LogP contribution is -2.12. The quantitative estimate of drug-likeness (QED) is 0.799. The first-order valence-electron chi connectivity index (χ1n) is 6.82. The van der Waals surface area contributed by atoms with Gasteiger partial charge in [0.05, 0.1) is 5.52 Å². The van der Waals surface area contributed by atoms with Crippen molar-refractivity contribution in [3.63, 3.8) is 0 Å². The average Bonchev–Trinajstić information content (AvgIpc) is 2.94. The number of nitrogens with zero attached hydrogens (tertiary/aromatic N) is 1. The van der Waals surface area contributed by atoms with Crippen LogP contribution >= 0.6 is 11.3 Å². The van der Waals surface area contributed by atoms with E-state index in [1.54, 1.807) is 0 Å². The van der Waals surface area contributed by atoms with Crippen LogP contribution in [0.4, 0.5) is 0 Å². The maximum absolute atomic E-state index is 11.9. The Balaban J connectivity index is 1.75. The molecule has 21 heavy (non-hydrogen) atoms. The Morgan fingerprint density at radius 1 is 1.24 bits per heavy atom. The second-order valence-corrected chi connectivity index (χ2v) is 6.08. The van der Waals surface area contributed by atoms with Gasteiger partial charge in [0.15, 0.2) is 0 Å². The first-order valence-corrected chi connectivity index (χ1v) is 7.70. The number of rotatable bonds is 4. The molecule has 4 nitrogen and oxygen atoms in total. The van der Waals surface area contributed by atoms with Gasteiger partial charge in [0, 0.05) is 0 Å². The molecule has 0 bridgehead atoms. The molecular weight excluding hydrogens is 284 g/mol. The summed E-state index contributed by atoms with van der Waals surface area (Å²) in [7, 11) is 0.